The zero-order valence-electron chi connectivity index (χ0n) is 14.9. The fraction of sp³-hybridized carbons (Fsp3) is 0.722. The van der Waals surface area contributed by atoms with E-state index in [1.807, 2.05) is 24.0 Å². The highest BCUT2D eigenvalue weighted by Gasteiger charge is 2.27. The number of amides is 1. The largest absolute Gasteiger partial charge is 0.376 e. The number of piperidine rings is 1. The second-order valence-corrected chi connectivity index (χ2v) is 6.82. The molecule has 3 rings (SSSR count). The van der Waals surface area contributed by atoms with Crippen LogP contribution in [0.5, 0.6) is 0 Å². The molecule has 1 aromatic heterocycles. The lowest BCUT2D eigenvalue weighted by Crippen LogP contribution is -2.46. The summed E-state index contributed by atoms with van der Waals surface area (Å²) >= 11 is 0. The van der Waals surface area contributed by atoms with Crippen molar-refractivity contribution in [2.75, 3.05) is 31.6 Å². The van der Waals surface area contributed by atoms with E-state index in [0.29, 0.717) is 12.6 Å². The Hall–Kier alpha value is -1.73. The third-order valence-corrected chi connectivity index (χ3v) is 4.88. The number of carbonyl (C=O) groups excluding carboxylic acids is 1. The Balaban J connectivity index is 1.38. The number of hydrogen-bond donors (Lipinski definition) is 1. The molecule has 0 radical (unpaired) electrons. The van der Waals surface area contributed by atoms with Crippen molar-refractivity contribution in [3.05, 3.63) is 18.3 Å². The van der Waals surface area contributed by atoms with Crippen LogP contribution in [0.4, 0.5) is 5.82 Å². The first-order valence-corrected chi connectivity index (χ1v) is 9.28. The van der Waals surface area contributed by atoms with E-state index < -0.39 is 6.10 Å². The average molecular weight is 348 g/mol. The molecule has 0 bridgehead atoms. The maximum atomic E-state index is 12.6. The summed E-state index contributed by atoms with van der Waals surface area (Å²) in [4.78, 5) is 14.5. The lowest BCUT2D eigenvalue weighted by Gasteiger charge is -2.34. The number of ether oxygens (including phenoxy) is 2. The molecule has 3 heterocycles. The first-order chi connectivity index (χ1) is 12.2. The molecular weight excluding hydrogens is 320 g/mol. The van der Waals surface area contributed by atoms with Crippen molar-refractivity contribution in [3.8, 4) is 0 Å². The van der Waals surface area contributed by atoms with E-state index >= 15 is 0 Å². The van der Waals surface area contributed by atoms with Gasteiger partial charge in [0.15, 0.2) is 0 Å². The van der Waals surface area contributed by atoms with Gasteiger partial charge in [0.25, 0.3) is 5.91 Å². The highest BCUT2D eigenvalue weighted by Crippen LogP contribution is 2.17. The molecule has 7 heteroatoms. The minimum atomic E-state index is -0.407. The smallest absolute Gasteiger partial charge is 0.251 e. The molecule has 0 unspecified atom stereocenters. The number of nitrogens with zero attached hydrogens (tertiary/aromatic N) is 3. The maximum absolute atomic E-state index is 12.6. The summed E-state index contributed by atoms with van der Waals surface area (Å²) in [7, 11) is 0. The number of carbonyl (C=O) groups is 1. The predicted molar refractivity (Wildman–Crippen MR) is 94.3 cm³/mol. The van der Waals surface area contributed by atoms with Crippen LogP contribution < -0.4 is 5.32 Å². The van der Waals surface area contributed by atoms with Crippen LogP contribution in [0.25, 0.3) is 0 Å². The molecule has 2 aliphatic rings. The number of likely N-dealkylation sites (tertiary alicyclic amines) is 1. The van der Waals surface area contributed by atoms with Gasteiger partial charge in [-0.05, 0) is 51.2 Å². The SMILES string of the molecule is C[C@H](OC[C@@H]1CCCCO1)C(=O)N1CCC(Nc2cccnn2)CC1. The van der Waals surface area contributed by atoms with Crippen molar-refractivity contribution >= 4 is 11.7 Å². The molecule has 2 aliphatic heterocycles. The van der Waals surface area contributed by atoms with E-state index in [2.05, 4.69) is 15.5 Å². The van der Waals surface area contributed by atoms with Crippen LogP contribution in [0, 0.1) is 0 Å². The highest BCUT2D eigenvalue weighted by atomic mass is 16.5. The van der Waals surface area contributed by atoms with Crippen molar-refractivity contribution in [2.45, 2.75) is 57.3 Å². The molecule has 1 amide bonds. The summed E-state index contributed by atoms with van der Waals surface area (Å²) in [5, 5.41) is 11.3. The summed E-state index contributed by atoms with van der Waals surface area (Å²) in [6, 6.07) is 4.10. The molecule has 1 aromatic rings. The maximum Gasteiger partial charge on any atom is 0.251 e. The van der Waals surface area contributed by atoms with Gasteiger partial charge in [-0.2, -0.15) is 5.10 Å². The third-order valence-electron chi connectivity index (χ3n) is 4.88. The molecule has 0 saturated carbocycles. The van der Waals surface area contributed by atoms with Crippen molar-refractivity contribution in [1.29, 1.82) is 0 Å². The molecule has 0 spiro atoms. The summed E-state index contributed by atoms with van der Waals surface area (Å²) in [6.45, 7) is 4.64. The number of rotatable bonds is 6. The second-order valence-electron chi connectivity index (χ2n) is 6.82. The van der Waals surface area contributed by atoms with Gasteiger partial charge in [-0.1, -0.05) is 0 Å². The van der Waals surface area contributed by atoms with Gasteiger partial charge in [0.1, 0.15) is 11.9 Å². The Morgan fingerprint density at radius 1 is 1.40 bits per heavy atom. The van der Waals surface area contributed by atoms with E-state index in [9.17, 15) is 4.79 Å². The second kappa shape index (κ2) is 9.10. The van der Waals surface area contributed by atoms with Crippen LogP contribution in [0.2, 0.25) is 0 Å². The van der Waals surface area contributed by atoms with Crippen molar-refractivity contribution in [1.82, 2.24) is 15.1 Å². The fourth-order valence-electron chi connectivity index (χ4n) is 3.35. The van der Waals surface area contributed by atoms with Crippen LogP contribution in [-0.2, 0) is 14.3 Å². The molecule has 25 heavy (non-hydrogen) atoms. The summed E-state index contributed by atoms with van der Waals surface area (Å²) in [5.41, 5.74) is 0. The molecule has 2 fully saturated rings. The van der Waals surface area contributed by atoms with E-state index in [0.717, 1.165) is 51.2 Å². The summed E-state index contributed by atoms with van der Waals surface area (Å²) in [6.07, 6.45) is 6.54. The van der Waals surface area contributed by atoms with Crippen LogP contribution in [0.15, 0.2) is 18.3 Å². The minimum Gasteiger partial charge on any atom is -0.376 e. The number of hydrogen-bond acceptors (Lipinski definition) is 6. The Morgan fingerprint density at radius 3 is 2.92 bits per heavy atom. The summed E-state index contributed by atoms with van der Waals surface area (Å²) < 4.78 is 11.4. The lowest BCUT2D eigenvalue weighted by atomic mass is 10.0. The van der Waals surface area contributed by atoms with Crippen molar-refractivity contribution in [2.24, 2.45) is 0 Å². The molecular formula is C18H28N4O3. The lowest BCUT2D eigenvalue weighted by molar-refractivity contribution is -0.147. The molecule has 0 aromatic carbocycles. The molecule has 1 N–H and O–H groups in total. The van der Waals surface area contributed by atoms with Gasteiger partial charge in [0, 0.05) is 31.9 Å². The minimum absolute atomic E-state index is 0.0776. The zero-order valence-corrected chi connectivity index (χ0v) is 14.9. The van der Waals surface area contributed by atoms with Gasteiger partial charge in [0.2, 0.25) is 0 Å². The average Bonchev–Trinajstić information content (AvgIpc) is 2.68. The number of nitrogens with one attached hydrogen (secondary N) is 1. The van der Waals surface area contributed by atoms with Crippen LogP contribution >= 0.6 is 0 Å². The monoisotopic (exact) mass is 348 g/mol. The predicted octanol–water partition coefficient (Wildman–Crippen LogP) is 1.85. The molecule has 7 nitrogen and oxygen atoms in total. The fourth-order valence-corrected chi connectivity index (χ4v) is 3.35. The topological polar surface area (TPSA) is 76.6 Å². The van der Waals surface area contributed by atoms with Gasteiger partial charge in [-0.25, -0.2) is 0 Å². The van der Waals surface area contributed by atoms with Crippen LogP contribution in [0.3, 0.4) is 0 Å². The first-order valence-electron chi connectivity index (χ1n) is 9.28. The molecule has 138 valence electrons. The van der Waals surface area contributed by atoms with E-state index in [1.165, 1.54) is 6.42 Å². The highest BCUT2D eigenvalue weighted by molar-refractivity contribution is 5.80. The Labute approximate surface area is 149 Å². The Kier molecular flexibility index (Phi) is 6.58. The van der Waals surface area contributed by atoms with Gasteiger partial charge >= 0.3 is 0 Å². The van der Waals surface area contributed by atoms with E-state index in [-0.39, 0.29) is 12.0 Å². The number of anilines is 1. The van der Waals surface area contributed by atoms with Crippen molar-refractivity contribution in [3.63, 3.8) is 0 Å². The molecule has 2 atom stereocenters. The Morgan fingerprint density at radius 2 is 2.24 bits per heavy atom. The van der Waals surface area contributed by atoms with Crippen molar-refractivity contribution < 1.29 is 14.3 Å². The first kappa shape index (κ1) is 18.1. The van der Waals surface area contributed by atoms with Gasteiger partial charge < -0.3 is 19.7 Å². The van der Waals surface area contributed by atoms with Crippen LogP contribution in [-0.4, -0.2) is 65.6 Å². The van der Waals surface area contributed by atoms with Gasteiger partial charge in [-0.3, -0.25) is 4.79 Å². The van der Waals surface area contributed by atoms with Gasteiger partial charge in [-0.15, -0.1) is 5.10 Å². The third kappa shape index (κ3) is 5.37. The van der Waals surface area contributed by atoms with Gasteiger partial charge in [0.05, 0.1) is 12.7 Å². The summed E-state index contributed by atoms with van der Waals surface area (Å²) in [5.74, 6) is 0.866. The molecule has 0 aliphatic carbocycles. The Bertz CT molecular complexity index is 528. The number of aromatic nitrogens is 2. The quantitative estimate of drug-likeness (QED) is 0.845. The van der Waals surface area contributed by atoms with E-state index in [1.54, 1.807) is 6.20 Å². The zero-order chi connectivity index (χ0) is 17.5. The van der Waals surface area contributed by atoms with E-state index in [4.69, 9.17) is 9.47 Å². The normalized spacial score (nSPS) is 23.2. The van der Waals surface area contributed by atoms with Crippen LogP contribution in [0.1, 0.15) is 39.0 Å². The molecule has 2 saturated heterocycles. The standard InChI is InChI=1S/C18H28N4O3/c1-14(25-13-16-5-2-3-12-24-16)18(23)22-10-7-15(8-11-22)20-17-6-4-9-19-21-17/h4,6,9,14-16H,2-3,5,7-8,10-13H2,1H3,(H,20,21)/t14-,16-/m0/s1.